The molecular formula is C13H15N3OS. The van der Waals surface area contributed by atoms with Crippen LogP contribution in [0.5, 0.6) is 0 Å². The third-order valence-electron chi connectivity index (χ3n) is 2.59. The molecule has 0 radical (unpaired) electrons. The zero-order chi connectivity index (χ0) is 13.1. The van der Waals surface area contributed by atoms with Crippen LogP contribution in [-0.4, -0.2) is 30.1 Å². The molecule has 0 unspecified atom stereocenters. The minimum absolute atomic E-state index is 0.0990. The molecule has 0 amide bonds. The van der Waals surface area contributed by atoms with E-state index < -0.39 is 0 Å². The molecular weight excluding hydrogens is 246 g/mol. The first kappa shape index (κ1) is 12.7. The lowest BCUT2D eigenvalue weighted by molar-refractivity contribution is 0.783. The van der Waals surface area contributed by atoms with Crippen LogP contribution in [0, 0.1) is 0 Å². The average Bonchev–Trinajstić information content (AvgIpc) is 2.38. The fourth-order valence-corrected chi connectivity index (χ4v) is 2.36. The first-order valence-electron chi connectivity index (χ1n) is 5.54. The number of para-hydroxylation sites is 1. The summed E-state index contributed by atoms with van der Waals surface area (Å²) in [4.78, 5) is 15.2. The molecule has 5 heteroatoms. The Kier molecular flexibility index (Phi) is 3.72. The van der Waals surface area contributed by atoms with Crippen LogP contribution >= 0.6 is 11.8 Å². The van der Waals surface area contributed by atoms with Gasteiger partial charge in [-0.15, -0.1) is 11.8 Å². The Morgan fingerprint density at radius 2 is 1.89 bits per heavy atom. The van der Waals surface area contributed by atoms with Gasteiger partial charge in [-0.1, -0.05) is 18.2 Å². The second kappa shape index (κ2) is 5.27. The Morgan fingerprint density at radius 1 is 1.22 bits per heavy atom. The molecule has 0 aliphatic heterocycles. The molecule has 0 fully saturated rings. The third-order valence-corrected chi connectivity index (χ3v) is 3.33. The Bertz CT molecular complexity index is 593. The smallest absolute Gasteiger partial charge is 0.296 e. The summed E-state index contributed by atoms with van der Waals surface area (Å²) in [6, 6.07) is 9.43. The molecule has 0 N–H and O–H groups in total. The van der Waals surface area contributed by atoms with E-state index in [1.165, 1.54) is 16.4 Å². The monoisotopic (exact) mass is 261 g/mol. The number of thioether (sulfide) groups is 1. The van der Waals surface area contributed by atoms with Gasteiger partial charge < -0.3 is 4.90 Å². The second-order valence-electron chi connectivity index (χ2n) is 4.01. The molecule has 0 spiro atoms. The van der Waals surface area contributed by atoms with Crippen LogP contribution < -0.4 is 10.5 Å². The summed E-state index contributed by atoms with van der Waals surface area (Å²) in [5.41, 5.74) is 1.35. The molecule has 1 aromatic heterocycles. The molecule has 0 aliphatic rings. The number of aromatic nitrogens is 2. The van der Waals surface area contributed by atoms with Crippen molar-refractivity contribution in [1.29, 1.82) is 0 Å². The number of hydrogen-bond acceptors (Lipinski definition) is 4. The average molecular weight is 261 g/mol. The van der Waals surface area contributed by atoms with E-state index >= 15 is 0 Å². The number of nitrogens with zero attached hydrogens (tertiary/aromatic N) is 3. The fourth-order valence-electron chi connectivity index (χ4n) is 1.74. The standard InChI is InChI=1S/C13H15N3OS/c1-15(2)12-11(18-3)9-14-16(13(12)17)10-7-5-4-6-8-10/h4-9H,1-3H3. The van der Waals surface area contributed by atoms with Crippen molar-refractivity contribution in [1.82, 2.24) is 9.78 Å². The molecule has 2 rings (SSSR count). The van der Waals surface area contributed by atoms with Gasteiger partial charge in [-0.3, -0.25) is 4.79 Å². The Balaban J connectivity index is 2.66. The van der Waals surface area contributed by atoms with Crippen molar-refractivity contribution in [3.63, 3.8) is 0 Å². The normalized spacial score (nSPS) is 10.4. The Hall–Kier alpha value is -1.75. The highest BCUT2D eigenvalue weighted by molar-refractivity contribution is 7.98. The maximum Gasteiger partial charge on any atom is 0.296 e. The molecule has 0 atom stereocenters. The van der Waals surface area contributed by atoms with Crippen molar-refractivity contribution in [2.24, 2.45) is 0 Å². The van der Waals surface area contributed by atoms with Gasteiger partial charge in [0.1, 0.15) is 5.69 Å². The van der Waals surface area contributed by atoms with Gasteiger partial charge in [0.2, 0.25) is 0 Å². The van der Waals surface area contributed by atoms with Crippen LogP contribution in [0.15, 0.2) is 46.2 Å². The maximum absolute atomic E-state index is 12.4. The molecule has 94 valence electrons. The van der Waals surface area contributed by atoms with Gasteiger partial charge in [0.05, 0.1) is 16.8 Å². The lowest BCUT2D eigenvalue weighted by atomic mass is 10.3. The summed E-state index contributed by atoms with van der Waals surface area (Å²) in [6.45, 7) is 0. The third kappa shape index (κ3) is 2.26. The molecule has 18 heavy (non-hydrogen) atoms. The summed E-state index contributed by atoms with van der Waals surface area (Å²) in [5.74, 6) is 0. The first-order valence-corrected chi connectivity index (χ1v) is 6.76. The van der Waals surface area contributed by atoms with Crippen molar-refractivity contribution >= 4 is 17.4 Å². The number of anilines is 1. The molecule has 2 aromatic rings. The van der Waals surface area contributed by atoms with E-state index in [0.717, 1.165) is 10.6 Å². The zero-order valence-electron chi connectivity index (χ0n) is 10.6. The van der Waals surface area contributed by atoms with Crippen molar-refractivity contribution in [3.05, 3.63) is 46.9 Å². The van der Waals surface area contributed by atoms with Crippen LogP contribution in [0.3, 0.4) is 0 Å². The molecule has 1 aromatic carbocycles. The quantitative estimate of drug-likeness (QED) is 0.792. The van der Waals surface area contributed by atoms with E-state index in [0.29, 0.717) is 5.69 Å². The van der Waals surface area contributed by atoms with Gasteiger partial charge >= 0.3 is 0 Å². The maximum atomic E-state index is 12.4. The molecule has 0 bridgehead atoms. The zero-order valence-corrected chi connectivity index (χ0v) is 11.4. The summed E-state index contributed by atoms with van der Waals surface area (Å²) in [7, 11) is 3.73. The Labute approximate surface area is 110 Å². The van der Waals surface area contributed by atoms with E-state index in [2.05, 4.69) is 5.10 Å². The molecule has 1 heterocycles. The minimum atomic E-state index is -0.0990. The SMILES string of the molecule is CSc1cnn(-c2ccccc2)c(=O)c1N(C)C. The van der Waals surface area contributed by atoms with Crippen LogP contribution in [0.25, 0.3) is 5.69 Å². The minimum Gasteiger partial charge on any atom is -0.372 e. The van der Waals surface area contributed by atoms with Crippen LogP contribution in [0.1, 0.15) is 0 Å². The van der Waals surface area contributed by atoms with Gasteiger partial charge in [-0.05, 0) is 18.4 Å². The molecule has 0 aliphatic carbocycles. The van der Waals surface area contributed by atoms with Crippen LogP contribution in [-0.2, 0) is 0 Å². The van der Waals surface area contributed by atoms with Crippen molar-refractivity contribution in [2.75, 3.05) is 25.3 Å². The highest BCUT2D eigenvalue weighted by Crippen LogP contribution is 2.22. The van der Waals surface area contributed by atoms with Gasteiger partial charge in [0.25, 0.3) is 5.56 Å². The highest BCUT2D eigenvalue weighted by Gasteiger charge is 2.13. The van der Waals surface area contributed by atoms with E-state index in [4.69, 9.17) is 0 Å². The van der Waals surface area contributed by atoms with Crippen molar-refractivity contribution < 1.29 is 0 Å². The number of rotatable bonds is 3. The van der Waals surface area contributed by atoms with Crippen LogP contribution in [0.2, 0.25) is 0 Å². The summed E-state index contributed by atoms with van der Waals surface area (Å²) in [6.07, 6.45) is 3.67. The van der Waals surface area contributed by atoms with Crippen LogP contribution in [0.4, 0.5) is 5.69 Å². The lowest BCUT2D eigenvalue weighted by Gasteiger charge is -2.16. The summed E-state index contributed by atoms with van der Waals surface area (Å²) < 4.78 is 1.43. The van der Waals surface area contributed by atoms with Gasteiger partial charge in [0.15, 0.2) is 0 Å². The first-order chi connectivity index (χ1) is 8.65. The summed E-state index contributed by atoms with van der Waals surface area (Å²) in [5, 5.41) is 4.22. The number of benzene rings is 1. The van der Waals surface area contributed by atoms with Gasteiger partial charge in [-0.2, -0.15) is 9.78 Å². The predicted octanol–water partition coefficient (Wildman–Crippen LogP) is 2.02. The fraction of sp³-hybridized carbons (Fsp3) is 0.231. The predicted molar refractivity (Wildman–Crippen MR) is 75.9 cm³/mol. The van der Waals surface area contributed by atoms with E-state index in [9.17, 15) is 4.79 Å². The van der Waals surface area contributed by atoms with Crippen molar-refractivity contribution in [2.45, 2.75) is 4.90 Å². The molecule has 4 nitrogen and oxygen atoms in total. The van der Waals surface area contributed by atoms with E-state index in [1.807, 2.05) is 55.6 Å². The lowest BCUT2D eigenvalue weighted by Crippen LogP contribution is -2.28. The topological polar surface area (TPSA) is 38.1 Å². The number of hydrogen-bond donors (Lipinski definition) is 0. The van der Waals surface area contributed by atoms with Gasteiger partial charge in [0, 0.05) is 14.1 Å². The van der Waals surface area contributed by atoms with Gasteiger partial charge in [-0.25, -0.2) is 0 Å². The Morgan fingerprint density at radius 3 is 2.44 bits per heavy atom. The van der Waals surface area contributed by atoms with E-state index in [1.54, 1.807) is 6.20 Å². The largest absolute Gasteiger partial charge is 0.372 e. The molecule has 0 saturated heterocycles. The summed E-state index contributed by atoms with van der Waals surface area (Å²) >= 11 is 1.52. The second-order valence-corrected chi connectivity index (χ2v) is 4.86. The van der Waals surface area contributed by atoms with E-state index in [-0.39, 0.29) is 5.56 Å². The van der Waals surface area contributed by atoms with Crippen molar-refractivity contribution in [3.8, 4) is 5.69 Å². The molecule has 0 saturated carbocycles. The highest BCUT2D eigenvalue weighted by atomic mass is 32.2.